The first-order valence-electron chi connectivity index (χ1n) is 7.48. The lowest BCUT2D eigenvalue weighted by Crippen LogP contribution is -2.56. The molecule has 2 heterocycles. The lowest BCUT2D eigenvalue weighted by molar-refractivity contribution is -0.148. The van der Waals surface area contributed by atoms with Crippen LogP contribution < -0.4 is 0 Å². The van der Waals surface area contributed by atoms with E-state index in [2.05, 4.69) is 0 Å². The third kappa shape index (κ3) is 2.92. The summed E-state index contributed by atoms with van der Waals surface area (Å²) in [6, 6.07) is 8.48. The summed E-state index contributed by atoms with van der Waals surface area (Å²) in [6.07, 6.45) is 0.708. The minimum Gasteiger partial charge on any atom is -0.480 e. The first-order valence-corrected chi connectivity index (χ1v) is 7.48. The number of likely N-dealkylation sites (tertiary alicyclic amines) is 1. The molecule has 1 aromatic rings. The smallest absolute Gasteiger partial charge is 0.410 e. The van der Waals surface area contributed by atoms with Gasteiger partial charge in [0.15, 0.2) is 0 Å². The van der Waals surface area contributed by atoms with E-state index in [0.29, 0.717) is 26.0 Å². The first-order chi connectivity index (χ1) is 10.7. The Hall–Kier alpha value is -2.08. The topological polar surface area (TPSA) is 76.1 Å². The Kier molecular flexibility index (Phi) is 4.29. The van der Waals surface area contributed by atoms with Crippen LogP contribution in [0, 0.1) is 5.92 Å². The minimum absolute atomic E-state index is 0.0562. The van der Waals surface area contributed by atoms with Crippen LogP contribution in [0.2, 0.25) is 0 Å². The summed E-state index contributed by atoms with van der Waals surface area (Å²) in [6.45, 7) is 1.06. The standard InChI is InChI=1S/C16H19NO5/c18-15(19)14-12-7-9-21-13(12)6-8-17(14)16(20)22-10-11-4-2-1-3-5-11/h1-5,12-14H,6-10H2,(H,18,19)/t12-,13-,14?/m0/s1. The van der Waals surface area contributed by atoms with Crippen molar-refractivity contribution in [1.82, 2.24) is 4.90 Å². The zero-order chi connectivity index (χ0) is 15.5. The number of rotatable bonds is 3. The average molecular weight is 305 g/mol. The molecule has 2 aliphatic heterocycles. The molecule has 2 fully saturated rings. The van der Waals surface area contributed by atoms with Crippen molar-refractivity contribution < 1.29 is 24.2 Å². The summed E-state index contributed by atoms with van der Waals surface area (Å²) < 4.78 is 10.8. The predicted octanol–water partition coefficient (Wildman–Crippen LogP) is 1.89. The maximum atomic E-state index is 12.3. The third-order valence-corrected chi connectivity index (χ3v) is 4.35. The van der Waals surface area contributed by atoms with Gasteiger partial charge in [0.2, 0.25) is 0 Å². The summed E-state index contributed by atoms with van der Waals surface area (Å²) in [5, 5.41) is 9.48. The number of hydrogen-bond acceptors (Lipinski definition) is 4. The molecule has 3 atom stereocenters. The van der Waals surface area contributed by atoms with Gasteiger partial charge in [-0.3, -0.25) is 4.90 Å². The maximum absolute atomic E-state index is 12.3. The molecule has 0 aromatic heterocycles. The van der Waals surface area contributed by atoms with E-state index in [9.17, 15) is 14.7 Å². The number of fused-ring (bicyclic) bond motifs is 1. The van der Waals surface area contributed by atoms with Crippen LogP contribution in [0.25, 0.3) is 0 Å². The van der Waals surface area contributed by atoms with Crippen molar-refractivity contribution in [2.45, 2.75) is 31.6 Å². The van der Waals surface area contributed by atoms with Crippen LogP contribution in [-0.4, -0.2) is 47.4 Å². The molecular weight excluding hydrogens is 286 g/mol. The average Bonchev–Trinajstić information content (AvgIpc) is 3.00. The SMILES string of the molecule is O=C(O)C1[C@H]2CCO[C@H]2CCN1C(=O)OCc1ccccc1. The first kappa shape index (κ1) is 14.8. The highest BCUT2D eigenvalue weighted by atomic mass is 16.6. The van der Waals surface area contributed by atoms with Crippen molar-refractivity contribution in [2.75, 3.05) is 13.2 Å². The molecule has 0 spiro atoms. The summed E-state index contributed by atoms with van der Waals surface area (Å²) in [5.74, 6) is -1.13. The molecular formula is C16H19NO5. The third-order valence-electron chi connectivity index (χ3n) is 4.35. The van der Waals surface area contributed by atoms with Crippen molar-refractivity contribution in [3.05, 3.63) is 35.9 Å². The van der Waals surface area contributed by atoms with E-state index in [0.717, 1.165) is 5.56 Å². The number of carboxylic acid groups (broad SMARTS) is 1. The molecule has 22 heavy (non-hydrogen) atoms. The van der Waals surface area contributed by atoms with Crippen molar-refractivity contribution in [1.29, 1.82) is 0 Å². The highest BCUT2D eigenvalue weighted by molar-refractivity contribution is 5.80. The van der Waals surface area contributed by atoms with Gasteiger partial charge in [0, 0.05) is 19.1 Å². The second-order valence-corrected chi connectivity index (χ2v) is 5.67. The molecule has 0 bridgehead atoms. The van der Waals surface area contributed by atoms with Gasteiger partial charge in [-0.25, -0.2) is 9.59 Å². The van der Waals surface area contributed by atoms with Gasteiger partial charge in [-0.1, -0.05) is 30.3 Å². The van der Waals surface area contributed by atoms with Gasteiger partial charge >= 0.3 is 12.1 Å². The van der Waals surface area contributed by atoms with Gasteiger partial charge < -0.3 is 14.6 Å². The fraction of sp³-hybridized carbons (Fsp3) is 0.500. The molecule has 118 valence electrons. The van der Waals surface area contributed by atoms with Crippen LogP contribution in [0.3, 0.4) is 0 Å². The van der Waals surface area contributed by atoms with Gasteiger partial charge in [-0.15, -0.1) is 0 Å². The highest BCUT2D eigenvalue weighted by Crippen LogP contribution is 2.34. The van der Waals surface area contributed by atoms with Crippen molar-refractivity contribution in [3.63, 3.8) is 0 Å². The Morgan fingerprint density at radius 2 is 2.05 bits per heavy atom. The quantitative estimate of drug-likeness (QED) is 0.923. The Bertz CT molecular complexity index is 547. The molecule has 1 amide bonds. The molecule has 0 radical (unpaired) electrons. The van der Waals surface area contributed by atoms with Crippen LogP contribution in [0.1, 0.15) is 18.4 Å². The number of hydrogen-bond donors (Lipinski definition) is 1. The fourth-order valence-electron chi connectivity index (χ4n) is 3.28. The molecule has 2 saturated heterocycles. The van der Waals surface area contributed by atoms with Gasteiger partial charge in [-0.2, -0.15) is 0 Å². The number of carbonyl (C=O) groups excluding carboxylic acids is 1. The summed E-state index contributed by atoms with van der Waals surface area (Å²) in [7, 11) is 0. The normalized spacial score (nSPS) is 27.3. The van der Waals surface area contributed by atoms with E-state index >= 15 is 0 Å². The number of nitrogens with zero attached hydrogens (tertiary/aromatic N) is 1. The van der Waals surface area contributed by atoms with E-state index in [-0.39, 0.29) is 18.6 Å². The summed E-state index contributed by atoms with van der Waals surface area (Å²) in [5.41, 5.74) is 0.877. The van der Waals surface area contributed by atoms with Crippen molar-refractivity contribution in [3.8, 4) is 0 Å². The molecule has 0 aliphatic carbocycles. The summed E-state index contributed by atoms with van der Waals surface area (Å²) >= 11 is 0. The van der Waals surface area contributed by atoms with E-state index in [4.69, 9.17) is 9.47 Å². The molecule has 6 nitrogen and oxygen atoms in total. The second kappa shape index (κ2) is 6.36. The van der Waals surface area contributed by atoms with Gasteiger partial charge in [-0.05, 0) is 18.4 Å². The minimum atomic E-state index is -0.989. The van der Waals surface area contributed by atoms with Crippen molar-refractivity contribution >= 4 is 12.1 Å². The number of aliphatic carboxylic acids is 1. The van der Waals surface area contributed by atoms with Crippen LogP contribution in [0.5, 0.6) is 0 Å². The highest BCUT2D eigenvalue weighted by Gasteiger charge is 2.47. The summed E-state index contributed by atoms with van der Waals surface area (Å²) in [4.78, 5) is 25.2. The Morgan fingerprint density at radius 1 is 1.27 bits per heavy atom. The van der Waals surface area contributed by atoms with E-state index in [1.807, 2.05) is 30.3 Å². The van der Waals surface area contributed by atoms with Crippen LogP contribution in [0.4, 0.5) is 4.79 Å². The molecule has 0 saturated carbocycles. The zero-order valence-electron chi connectivity index (χ0n) is 12.2. The largest absolute Gasteiger partial charge is 0.480 e. The van der Waals surface area contributed by atoms with Crippen LogP contribution in [-0.2, 0) is 20.9 Å². The lowest BCUT2D eigenvalue weighted by Gasteiger charge is -2.38. The Balaban J connectivity index is 1.66. The van der Waals surface area contributed by atoms with E-state index in [1.165, 1.54) is 4.90 Å². The van der Waals surface area contributed by atoms with E-state index < -0.39 is 18.1 Å². The monoisotopic (exact) mass is 305 g/mol. The number of carbonyl (C=O) groups is 2. The van der Waals surface area contributed by atoms with Crippen LogP contribution >= 0.6 is 0 Å². The number of carboxylic acids is 1. The molecule has 3 rings (SSSR count). The maximum Gasteiger partial charge on any atom is 0.410 e. The Labute approximate surface area is 128 Å². The molecule has 2 aliphatic rings. The second-order valence-electron chi connectivity index (χ2n) is 5.67. The lowest BCUT2D eigenvalue weighted by atomic mass is 9.86. The van der Waals surface area contributed by atoms with E-state index in [1.54, 1.807) is 0 Å². The zero-order valence-corrected chi connectivity index (χ0v) is 12.2. The van der Waals surface area contributed by atoms with Crippen molar-refractivity contribution in [2.24, 2.45) is 5.92 Å². The molecule has 6 heteroatoms. The number of piperidine rings is 1. The number of benzene rings is 1. The Morgan fingerprint density at radius 3 is 2.77 bits per heavy atom. The number of ether oxygens (including phenoxy) is 2. The molecule has 1 N–H and O–H groups in total. The molecule has 1 unspecified atom stereocenters. The van der Waals surface area contributed by atoms with Gasteiger partial charge in [0.1, 0.15) is 12.6 Å². The predicted molar refractivity (Wildman–Crippen MR) is 77.2 cm³/mol. The van der Waals surface area contributed by atoms with Crippen LogP contribution in [0.15, 0.2) is 30.3 Å². The number of amides is 1. The van der Waals surface area contributed by atoms with Gasteiger partial charge in [0.25, 0.3) is 0 Å². The fourth-order valence-corrected chi connectivity index (χ4v) is 3.28. The molecule has 1 aromatic carbocycles. The van der Waals surface area contributed by atoms with Gasteiger partial charge in [0.05, 0.1) is 6.10 Å².